The molecule has 0 aromatic heterocycles. The van der Waals surface area contributed by atoms with Crippen molar-refractivity contribution in [2.75, 3.05) is 4.90 Å². The zero-order chi connectivity index (χ0) is 34.2. The van der Waals surface area contributed by atoms with Crippen LogP contribution in [0.25, 0.3) is 0 Å². The Bertz CT molecular complexity index is 2210. The summed E-state index contributed by atoms with van der Waals surface area (Å²) in [5.41, 5.74) is -3.68. The van der Waals surface area contributed by atoms with E-state index in [9.17, 15) is 20.2 Å². The number of carbonyl (C=O) groups is 4. The van der Waals surface area contributed by atoms with Crippen molar-refractivity contribution in [1.29, 1.82) is 0 Å². The smallest absolute Gasteiger partial charge is 0.269 e. The SMILES string of the molecule is O=C1c2ccccc2C(=O)C12[C@H](c1ccc([N+](=O)[O-])cc1)N(c1ccccc1)C1(C(=O)c3ccccc3C1=O)[C@@H]2c1ccc([N+](=O)[O-])cc1. The Morgan fingerprint density at radius 1 is 0.490 bits per heavy atom. The third-order valence-corrected chi connectivity index (χ3v) is 10.1. The van der Waals surface area contributed by atoms with Gasteiger partial charge in [0.05, 0.1) is 15.9 Å². The van der Waals surface area contributed by atoms with E-state index in [1.54, 1.807) is 59.5 Å². The number of ketones is 4. The Morgan fingerprint density at radius 2 is 0.878 bits per heavy atom. The van der Waals surface area contributed by atoms with Gasteiger partial charge < -0.3 is 4.90 Å². The molecule has 0 radical (unpaired) electrons. The highest BCUT2D eigenvalue weighted by Crippen LogP contribution is 2.69. The first-order chi connectivity index (χ1) is 23.6. The predicted molar refractivity (Wildman–Crippen MR) is 176 cm³/mol. The molecule has 8 rings (SSSR count). The zero-order valence-corrected chi connectivity index (χ0v) is 25.4. The fourth-order valence-electron chi connectivity index (χ4n) is 8.27. The van der Waals surface area contributed by atoms with Crippen molar-refractivity contribution < 1.29 is 29.0 Å². The molecule has 0 N–H and O–H groups in total. The quantitative estimate of drug-likeness (QED) is 0.114. The van der Waals surface area contributed by atoms with Gasteiger partial charge >= 0.3 is 0 Å². The lowest BCUT2D eigenvalue weighted by atomic mass is 9.60. The van der Waals surface area contributed by atoms with Crippen LogP contribution in [-0.2, 0) is 0 Å². The molecule has 0 bridgehead atoms. The summed E-state index contributed by atoms with van der Waals surface area (Å²) in [5.74, 6) is -4.04. The maximum Gasteiger partial charge on any atom is 0.269 e. The van der Waals surface area contributed by atoms with Crippen molar-refractivity contribution >= 4 is 40.2 Å². The van der Waals surface area contributed by atoms with Crippen LogP contribution in [0.5, 0.6) is 0 Å². The number of para-hydroxylation sites is 1. The number of hydrogen-bond acceptors (Lipinski definition) is 9. The molecule has 2 atom stereocenters. The second-order valence-electron chi connectivity index (χ2n) is 12.3. The first-order valence-corrected chi connectivity index (χ1v) is 15.4. The largest absolute Gasteiger partial charge is 0.343 e. The van der Waals surface area contributed by atoms with Gasteiger partial charge in [0.15, 0.2) is 28.7 Å². The highest BCUT2D eigenvalue weighted by atomic mass is 16.6. The average molecular weight is 650 g/mol. The molecule has 1 heterocycles. The molecule has 3 aliphatic rings. The summed E-state index contributed by atoms with van der Waals surface area (Å²) in [6.45, 7) is 0. The molecule has 2 spiro atoms. The van der Waals surface area contributed by atoms with Gasteiger partial charge in [-0.2, -0.15) is 0 Å². The van der Waals surface area contributed by atoms with Crippen LogP contribution in [0.4, 0.5) is 17.1 Å². The van der Waals surface area contributed by atoms with Gasteiger partial charge in [0.2, 0.25) is 0 Å². The van der Waals surface area contributed by atoms with Crippen molar-refractivity contribution in [2.45, 2.75) is 17.5 Å². The summed E-state index contributed by atoms with van der Waals surface area (Å²) in [6, 6.07) is 30.3. The van der Waals surface area contributed by atoms with E-state index < -0.39 is 55.9 Å². The van der Waals surface area contributed by atoms with Crippen LogP contribution < -0.4 is 4.90 Å². The number of benzene rings is 5. The lowest BCUT2D eigenvalue weighted by Crippen LogP contribution is -2.57. The van der Waals surface area contributed by atoms with Gasteiger partial charge in [0, 0.05) is 58.1 Å². The van der Waals surface area contributed by atoms with Crippen LogP contribution >= 0.6 is 0 Å². The normalized spacial score (nSPS) is 19.8. The number of fused-ring (bicyclic) bond motifs is 2. The minimum atomic E-state index is -2.24. The second-order valence-corrected chi connectivity index (χ2v) is 12.3. The molecule has 11 nitrogen and oxygen atoms in total. The topological polar surface area (TPSA) is 158 Å². The molecule has 0 unspecified atom stereocenters. The van der Waals surface area contributed by atoms with Crippen LogP contribution in [0.3, 0.4) is 0 Å². The Labute approximate surface area is 277 Å². The number of Topliss-reactive ketones (excluding diaryl/α,β-unsaturated/α-hetero) is 4. The summed E-state index contributed by atoms with van der Waals surface area (Å²) in [7, 11) is 0. The summed E-state index contributed by atoms with van der Waals surface area (Å²) < 4.78 is 0. The average Bonchev–Trinajstić information content (AvgIpc) is 3.63. The van der Waals surface area contributed by atoms with Crippen molar-refractivity contribution in [3.05, 3.63) is 181 Å². The minimum absolute atomic E-state index is 0.104. The molecular formula is C38H23N3O8. The molecule has 49 heavy (non-hydrogen) atoms. The van der Waals surface area contributed by atoms with Crippen molar-refractivity contribution in [3.63, 3.8) is 0 Å². The third kappa shape index (κ3) is 3.72. The predicted octanol–water partition coefficient (Wildman–Crippen LogP) is 6.73. The summed E-state index contributed by atoms with van der Waals surface area (Å²) in [6.07, 6.45) is 0. The zero-order valence-electron chi connectivity index (χ0n) is 25.4. The Hall–Kier alpha value is -6.62. The van der Waals surface area contributed by atoms with Crippen LogP contribution in [0.2, 0.25) is 0 Å². The van der Waals surface area contributed by atoms with E-state index in [2.05, 4.69) is 0 Å². The number of non-ortho nitro benzene ring substituents is 2. The molecule has 0 amide bonds. The third-order valence-electron chi connectivity index (χ3n) is 10.1. The lowest BCUT2D eigenvalue weighted by Gasteiger charge is -2.40. The molecule has 1 aliphatic heterocycles. The monoisotopic (exact) mass is 649 g/mol. The van der Waals surface area contributed by atoms with E-state index in [-0.39, 0.29) is 44.8 Å². The molecule has 5 aromatic carbocycles. The van der Waals surface area contributed by atoms with Crippen LogP contribution in [0.1, 0.15) is 64.5 Å². The van der Waals surface area contributed by atoms with E-state index >= 15 is 19.2 Å². The van der Waals surface area contributed by atoms with Crippen molar-refractivity contribution in [2.24, 2.45) is 5.41 Å². The summed E-state index contributed by atoms with van der Waals surface area (Å²) in [4.78, 5) is 84.8. The first-order valence-electron chi connectivity index (χ1n) is 15.4. The molecule has 0 saturated carbocycles. The maximum absolute atomic E-state index is 15.3. The number of hydrogen-bond donors (Lipinski definition) is 0. The number of nitro groups is 2. The van der Waals surface area contributed by atoms with Gasteiger partial charge in [-0.05, 0) is 23.3 Å². The second kappa shape index (κ2) is 10.4. The molecule has 1 fully saturated rings. The Kier molecular flexibility index (Phi) is 6.34. The Balaban J connectivity index is 1.55. The van der Waals surface area contributed by atoms with Crippen LogP contribution in [-0.4, -0.2) is 38.5 Å². The van der Waals surface area contributed by atoms with Gasteiger partial charge in [-0.15, -0.1) is 0 Å². The molecule has 5 aromatic rings. The van der Waals surface area contributed by atoms with E-state index in [1.165, 1.54) is 72.8 Å². The van der Waals surface area contributed by atoms with Gasteiger partial charge in [-0.1, -0.05) is 91.0 Å². The number of nitrogens with zero attached hydrogens (tertiary/aromatic N) is 3. The van der Waals surface area contributed by atoms with Crippen molar-refractivity contribution in [3.8, 4) is 0 Å². The van der Waals surface area contributed by atoms with Gasteiger partial charge in [-0.25, -0.2) is 0 Å². The Morgan fingerprint density at radius 3 is 1.31 bits per heavy atom. The van der Waals surface area contributed by atoms with E-state index in [0.717, 1.165) is 0 Å². The molecule has 2 aliphatic carbocycles. The van der Waals surface area contributed by atoms with E-state index in [4.69, 9.17) is 0 Å². The van der Waals surface area contributed by atoms with Crippen molar-refractivity contribution in [1.82, 2.24) is 0 Å². The molecule has 238 valence electrons. The fraction of sp³-hybridized carbons (Fsp3) is 0.105. The van der Waals surface area contributed by atoms with Crippen LogP contribution in [0.15, 0.2) is 127 Å². The van der Waals surface area contributed by atoms with E-state index in [0.29, 0.717) is 5.69 Å². The number of anilines is 1. The van der Waals surface area contributed by atoms with Gasteiger partial charge in [0.25, 0.3) is 11.4 Å². The molecule has 11 heteroatoms. The minimum Gasteiger partial charge on any atom is -0.343 e. The van der Waals surface area contributed by atoms with Gasteiger partial charge in [-0.3, -0.25) is 39.4 Å². The van der Waals surface area contributed by atoms with Gasteiger partial charge in [0.1, 0.15) is 5.41 Å². The maximum atomic E-state index is 15.3. The van der Waals surface area contributed by atoms with Crippen LogP contribution in [0, 0.1) is 25.6 Å². The number of rotatable bonds is 5. The highest BCUT2D eigenvalue weighted by Gasteiger charge is 2.81. The van der Waals surface area contributed by atoms with E-state index in [1.807, 2.05) is 0 Å². The number of carbonyl (C=O) groups excluding carboxylic acids is 4. The molecular weight excluding hydrogens is 626 g/mol. The highest BCUT2D eigenvalue weighted by molar-refractivity contribution is 6.39. The number of nitro benzene ring substituents is 2. The lowest BCUT2D eigenvalue weighted by molar-refractivity contribution is -0.385. The summed E-state index contributed by atoms with van der Waals surface area (Å²) in [5, 5.41) is 23.4. The standard InChI is InChI=1S/C38H23N3O8/c42-33-27-10-4-5-11-28(27)34(43)37(33)31(22-14-18-25(19-15-22)40(46)47)38(35(44)29-12-6-7-13-30(29)36(38)45)39(24-8-2-1-3-9-24)32(37)23-16-20-26(21-17-23)41(48)49/h1-21,31-32H/t31-,32+/m1/s1. The first kappa shape index (κ1) is 29.8. The summed E-state index contributed by atoms with van der Waals surface area (Å²) >= 11 is 0. The molecule has 1 saturated heterocycles. The fourth-order valence-corrected chi connectivity index (χ4v) is 8.27.